The van der Waals surface area contributed by atoms with Crippen molar-refractivity contribution in [2.45, 2.75) is 13.3 Å². The first-order valence-electron chi connectivity index (χ1n) is 6.65. The fourth-order valence-electron chi connectivity index (χ4n) is 1.90. The van der Waals surface area contributed by atoms with Gasteiger partial charge in [0.15, 0.2) is 0 Å². The number of hydrazone groups is 1. The fraction of sp³-hybridized carbons (Fsp3) is 0.133. The van der Waals surface area contributed by atoms with Crippen molar-refractivity contribution in [1.82, 2.24) is 20.4 Å². The number of nitrogens with one attached hydrogen (secondary N) is 1. The molecular weight excluding hydrogens is 298 g/mol. The van der Waals surface area contributed by atoms with Gasteiger partial charge in [-0.05, 0) is 19.1 Å². The zero-order chi connectivity index (χ0) is 15.4. The second-order valence-corrected chi connectivity index (χ2v) is 5.67. The van der Waals surface area contributed by atoms with Crippen LogP contribution in [0.1, 0.15) is 16.4 Å². The minimum Gasteiger partial charge on any atom is -0.273 e. The molecule has 2 aromatic heterocycles. The molecular formula is C15H13N5OS. The first-order chi connectivity index (χ1) is 10.7. The maximum absolute atomic E-state index is 11.7. The summed E-state index contributed by atoms with van der Waals surface area (Å²) in [5.74, 6) is -0.213. The van der Waals surface area contributed by atoms with Gasteiger partial charge in [-0.25, -0.2) is 15.4 Å². The quantitative estimate of drug-likeness (QED) is 0.591. The first-order valence-corrected chi connectivity index (χ1v) is 7.53. The summed E-state index contributed by atoms with van der Waals surface area (Å²) in [6.07, 6.45) is 3.30. The van der Waals surface area contributed by atoms with Gasteiger partial charge in [0, 0.05) is 5.38 Å². The molecule has 7 heteroatoms. The van der Waals surface area contributed by atoms with E-state index in [4.69, 9.17) is 0 Å². The number of benzene rings is 1. The zero-order valence-corrected chi connectivity index (χ0v) is 12.7. The molecule has 0 atom stereocenters. The van der Waals surface area contributed by atoms with E-state index in [2.05, 4.69) is 25.5 Å². The van der Waals surface area contributed by atoms with Crippen molar-refractivity contribution in [2.24, 2.45) is 5.10 Å². The lowest BCUT2D eigenvalue weighted by Crippen LogP contribution is -2.20. The molecule has 110 valence electrons. The number of aromatic nitrogens is 3. The molecule has 0 unspecified atom stereocenters. The third kappa shape index (κ3) is 3.50. The fourth-order valence-corrected chi connectivity index (χ4v) is 2.51. The van der Waals surface area contributed by atoms with Gasteiger partial charge in [-0.15, -0.1) is 11.3 Å². The lowest BCUT2D eigenvalue weighted by molar-refractivity contribution is -0.120. The van der Waals surface area contributed by atoms with Crippen molar-refractivity contribution in [3.63, 3.8) is 0 Å². The van der Waals surface area contributed by atoms with Gasteiger partial charge >= 0.3 is 0 Å². The molecule has 0 radical (unpaired) electrons. The Hall–Kier alpha value is -2.67. The Morgan fingerprint density at radius 3 is 2.91 bits per heavy atom. The van der Waals surface area contributed by atoms with E-state index < -0.39 is 0 Å². The minimum atomic E-state index is -0.213. The van der Waals surface area contributed by atoms with E-state index in [0.717, 1.165) is 21.7 Å². The van der Waals surface area contributed by atoms with E-state index in [0.29, 0.717) is 5.69 Å². The molecule has 0 spiro atoms. The van der Waals surface area contributed by atoms with Crippen LogP contribution in [-0.4, -0.2) is 27.1 Å². The molecule has 22 heavy (non-hydrogen) atoms. The summed E-state index contributed by atoms with van der Waals surface area (Å²) in [7, 11) is 0. The number of nitrogens with zero attached hydrogens (tertiary/aromatic N) is 4. The van der Waals surface area contributed by atoms with Crippen molar-refractivity contribution in [1.29, 1.82) is 0 Å². The van der Waals surface area contributed by atoms with Crippen LogP contribution in [0.15, 0.2) is 40.9 Å². The molecule has 1 N–H and O–H groups in total. The zero-order valence-electron chi connectivity index (χ0n) is 11.9. The van der Waals surface area contributed by atoms with Crippen LogP contribution in [0.4, 0.5) is 0 Å². The molecule has 2 heterocycles. The van der Waals surface area contributed by atoms with Crippen molar-refractivity contribution >= 4 is 34.5 Å². The third-order valence-corrected chi connectivity index (χ3v) is 3.68. The number of hydrogen-bond donors (Lipinski definition) is 1. The number of aryl methyl sites for hydroxylation is 1. The molecule has 0 aliphatic rings. The number of amides is 1. The van der Waals surface area contributed by atoms with Crippen molar-refractivity contribution < 1.29 is 4.79 Å². The smallest absolute Gasteiger partial charge is 0.246 e. The first kappa shape index (κ1) is 14.3. The summed E-state index contributed by atoms with van der Waals surface area (Å²) in [5, 5.41) is 6.71. The average Bonchev–Trinajstić information content (AvgIpc) is 2.92. The van der Waals surface area contributed by atoms with Gasteiger partial charge in [0.25, 0.3) is 0 Å². The lowest BCUT2D eigenvalue weighted by atomic mass is 10.3. The van der Waals surface area contributed by atoms with Crippen LogP contribution in [0.5, 0.6) is 0 Å². The molecule has 1 aromatic carbocycles. The molecule has 3 rings (SSSR count). The summed E-state index contributed by atoms with van der Waals surface area (Å²) in [6, 6.07) is 7.57. The molecule has 1 amide bonds. The van der Waals surface area contributed by atoms with Crippen LogP contribution in [0, 0.1) is 6.92 Å². The Bertz CT molecular complexity index is 843. The Kier molecular flexibility index (Phi) is 4.15. The van der Waals surface area contributed by atoms with Gasteiger partial charge < -0.3 is 0 Å². The molecule has 0 saturated heterocycles. The van der Waals surface area contributed by atoms with Gasteiger partial charge in [0.2, 0.25) is 5.91 Å². The number of carbonyl (C=O) groups is 1. The molecule has 0 bridgehead atoms. The second-order valence-electron chi connectivity index (χ2n) is 4.61. The van der Waals surface area contributed by atoms with E-state index in [1.165, 1.54) is 17.6 Å². The number of fused-ring (bicyclic) bond motifs is 1. The van der Waals surface area contributed by atoms with E-state index >= 15 is 0 Å². The van der Waals surface area contributed by atoms with E-state index in [1.54, 1.807) is 6.20 Å². The molecule has 0 saturated carbocycles. The van der Waals surface area contributed by atoms with Crippen LogP contribution in [0.25, 0.3) is 11.0 Å². The summed E-state index contributed by atoms with van der Waals surface area (Å²) in [4.78, 5) is 24.6. The highest BCUT2D eigenvalue weighted by molar-refractivity contribution is 7.09. The second kappa shape index (κ2) is 6.40. The largest absolute Gasteiger partial charge is 0.273 e. The molecule has 0 aliphatic carbocycles. The minimum absolute atomic E-state index is 0.213. The predicted molar refractivity (Wildman–Crippen MR) is 85.8 cm³/mol. The Morgan fingerprint density at radius 1 is 1.32 bits per heavy atom. The summed E-state index contributed by atoms with van der Waals surface area (Å²) < 4.78 is 0. The van der Waals surface area contributed by atoms with Crippen LogP contribution < -0.4 is 5.43 Å². The van der Waals surface area contributed by atoms with Crippen molar-refractivity contribution in [2.75, 3.05) is 0 Å². The molecule has 6 nitrogen and oxygen atoms in total. The highest BCUT2D eigenvalue weighted by Gasteiger charge is 2.05. The Labute approximate surface area is 131 Å². The van der Waals surface area contributed by atoms with Gasteiger partial charge in [-0.2, -0.15) is 5.10 Å². The number of rotatable bonds is 4. The van der Waals surface area contributed by atoms with E-state index in [1.807, 2.05) is 36.6 Å². The van der Waals surface area contributed by atoms with Gasteiger partial charge in [-0.1, -0.05) is 12.1 Å². The van der Waals surface area contributed by atoms with E-state index in [-0.39, 0.29) is 12.3 Å². The maximum atomic E-state index is 11.7. The highest BCUT2D eigenvalue weighted by Crippen LogP contribution is 2.08. The number of para-hydroxylation sites is 2. The standard InChI is InChI=1S/C15H13N5OS/c1-10-18-11(9-22-10)6-15(21)20-17-8-12-7-16-13-4-2-3-5-14(13)19-12/h2-5,7-9H,6H2,1H3,(H,20,21)/b17-8-. The van der Waals surface area contributed by atoms with Crippen LogP contribution in [0.2, 0.25) is 0 Å². The number of carbonyl (C=O) groups excluding carboxylic acids is 1. The average molecular weight is 311 g/mol. The third-order valence-electron chi connectivity index (χ3n) is 2.86. The predicted octanol–water partition coefficient (Wildman–Crippen LogP) is 2.09. The van der Waals surface area contributed by atoms with Gasteiger partial charge in [0.1, 0.15) is 5.69 Å². The van der Waals surface area contributed by atoms with Crippen molar-refractivity contribution in [3.05, 3.63) is 52.2 Å². The maximum Gasteiger partial charge on any atom is 0.246 e. The summed E-state index contributed by atoms with van der Waals surface area (Å²) in [6.45, 7) is 1.91. The summed E-state index contributed by atoms with van der Waals surface area (Å²) in [5.41, 5.74) is 5.41. The molecule has 0 fully saturated rings. The highest BCUT2D eigenvalue weighted by atomic mass is 32.1. The van der Waals surface area contributed by atoms with Crippen LogP contribution >= 0.6 is 11.3 Å². The summed E-state index contributed by atoms with van der Waals surface area (Å²) >= 11 is 1.52. The monoisotopic (exact) mass is 311 g/mol. The Morgan fingerprint density at radius 2 is 2.14 bits per heavy atom. The molecule has 0 aliphatic heterocycles. The topological polar surface area (TPSA) is 80.1 Å². The van der Waals surface area contributed by atoms with Crippen LogP contribution in [-0.2, 0) is 11.2 Å². The van der Waals surface area contributed by atoms with Gasteiger partial charge in [-0.3, -0.25) is 9.78 Å². The van der Waals surface area contributed by atoms with Crippen molar-refractivity contribution in [3.8, 4) is 0 Å². The van der Waals surface area contributed by atoms with E-state index in [9.17, 15) is 4.79 Å². The molecule has 3 aromatic rings. The van der Waals surface area contributed by atoms with Crippen LogP contribution in [0.3, 0.4) is 0 Å². The Balaban J connectivity index is 1.61. The lowest BCUT2D eigenvalue weighted by Gasteiger charge is -1.98. The number of thiazole rings is 1. The van der Waals surface area contributed by atoms with Gasteiger partial charge in [0.05, 0.1) is 40.6 Å². The number of hydrogen-bond acceptors (Lipinski definition) is 6. The normalized spacial score (nSPS) is 11.1. The SMILES string of the molecule is Cc1nc(CC(=O)N/N=C\c2cnc3ccccc3n2)cs1.